The van der Waals surface area contributed by atoms with Crippen LogP contribution in [0.2, 0.25) is 0 Å². The fourth-order valence-electron chi connectivity index (χ4n) is 1.62. The number of furan rings is 1. The van der Waals surface area contributed by atoms with Crippen LogP contribution in [0.5, 0.6) is 5.75 Å². The van der Waals surface area contributed by atoms with E-state index in [0.717, 1.165) is 17.0 Å². The maximum absolute atomic E-state index is 10.7. The molecule has 1 aromatic carbocycles. The molecule has 0 fully saturated rings. The maximum atomic E-state index is 10.7. The van der Waals surface area contributed by atoms with Crippen molar-refractivity contribution < 1.29 is 19.1 Å². The normalized spacial score (nSPS) is 10.1. The molecule has 0 radical (unpaired) electrons. The summed E-state index contributed by atoms with van der Waals surface area (Å²) < 4.78 is 10.3. The van der Waals surface area contributed by atoms with Gasteiger partial charge in [-0.25, -0.2) is 4.79 Å². The zero-order valence-corrected chi connectivity index (χ0v) is 10.1. The first-order valence-electron chi connectivity index (χ1n) is 5.35. The van der Waals surface area contributed by atoms with Crippen molar-refractivity contribution in [1.82, 2.24) is 0 Å². The zero-order chi connectivity index (χ0) is 13.1. The molecule has 2 aromatic rings. The van der Waals surface area contributed by atoms with E-state index in [-0.39, 0.29) is 5.76 Å². The van der Waals surface area contributed by atoms with Crippen LogP contribution in [-0.2, 0) is 0 Å². The number of hydrogen-bond acceptors (Lipinski definition) is 4. The topological polar surface area (TPSA) is 71.7 Å². The minimum Gasteiger partial charge on any atom is -0.496 e. The monoisotopic (exact) mass is 247 g/mol. The average Bonchev–Trinajstić information content (AvgIpc) is 2.78. The standard InChI is InChI=1S/C13H13NO4/c1-8-7-9(3-4-10(8)17-2)14-12-6-5-11(18-12)13(15)16/h3-7,14H,1-2H3,(H,15,16). The van der Waals surface area contributed by atoms with E-state index >= 15 is 0 Å². The van der Waals surface area contributed by atoms with E-state index in [2.05, 4.69) is 5.32 Å². The van der Waals surface area contributed by atoms with Crippen LogP contribution in [0.15, 0.2) is 34.7 Å². The number of carbonyl (C=O) groups is 1. The number of carboxylic acids is 1. The Morgan fingerprint density at radius 2 is 2.11 bits per heavy atom. The van der Waals surface area contributed by atoms with Crippen molar-refractivity contribution in [3.05, 3.63) is 41.7 Å². The summed E-state index contributed by atoms with van der Waals surface area (Å²) in [5, 5.41) is 11.7. The lowest BCUT2D eigenvalue weighted by atomic mass is 10.2. The molecule has 0 amide bonds. The van der Waals surface area contributed by atoms with Gasteiger partial charge in [-0.3, -0.25) is 0 Å². The van der Waals surface area contributed by atoms with Crippen molar-refractivity contribution in [3.63, 3.8) is 0 Å². The van der Waals surface area contributed by atoms with Crippen LogP contribution in [0.1, 0.15) is 16.1 Å². The first kappa shape index (κ1) is 12.0. The van der Waals surface area contributed by atoms with Crippen LogP contribution >= 0.6 is 0 Å². The number of aryl methyl sites for hydroxylation is 1. The van der Waals surface area contributed by atoms with Gasteiger partial charge in [-0.1, -0.05) is 0 Å². The van der Waals surface area contributed by atoms with E-state index in [9.17, 15) is 4.79 Å². The highest BCUT2D eigenvalue weighted by molar-refractivity contribution is 5.85. The Balaban J connectivity index is 2.18. The molecule has 0 bridgehead atoms. The van der Waals surface area contributed by atoms with Gasteiger partial charge in [0.05, 0.1) is 7.11 Å². The molecule has 94 valence electrons. The Kier molecular flexibility index (Phi) is 3.23. The lowest BCUT2D eigenvalue weighted by molar-refractivity contribution is 0.0663. The molecule has 0 aliphatic rings. The molecule has 2 N–H and O–H groups in total. The van der Waals surface area contributed by atoms with Gasteiger partial charge in [0.1, 0.15) is 5.75 Å². The summed E-state index contributed by atoms with van der Waals surface area (Å²) in [6.07, 6.45) is 0. The maximum Gasteiger partial charge on any atom is 0.371 e. The third-order valence-electron chi connectivity index (χ3n) is 2.48. The highest BCUT2D eigenvalue weighted by Gasteiger charge is 2.09. The Hall–Kier alpha value is -2.43. The molecule has 0 aliphatic carbocycles. The van der Waals surface area contributed by atoms with E-state index in [4.69, 9.17) is 14.3 Å². The first-order valence-corrected chi connectivity index (χ1v) is 5.35. The third kappa shape index (κ3) is 2.45. The smallest absolute Gasteiger partial charge is 0.371 e. The van der Waals surface area contributed by atoms with Crippen molar-refractivity contribution in [2.24, 2.45) is 0 Å². The molecule has 1 heterocycles. The van der Waals surface area contributed by atoms with Crippen LogP contribution in [-0.4, -0.2) is 18.2 Å². The number of aromatic carboxylic acids is 1. The van der Waals surface area contributed by atoms with Crippen LogP contribution in [0.4, 0.5) is 11.6 Å². The van der Waals surface area contributed by atoms with Crippen molar-refractivity contribution in [2.45, 2.75) is 6.92 Å². The molecule has 5 heteroatoms. The predicted molar refractivity (Wildman–Crippen MR) is 66.7 cm³/mol. The molecule has 0 saturated heterocycles. The summed E-state index contributed by atoms with van der Waals surface area (Å²) in [5.41, 5.74) is 1.78. The fourth-order valence-corrected chi connectivity index (χ4v) is 1.62. The average molecular weight is 247 g/mol. The van der Waals surface area contributed by atoms with Crippen LogP contribution in [0, 0.1) is 6.92 Å². The number of ether oxygens (including phenoxy) is 1. The van der Waals surface area contributed by atoms with E-state index < -0.39 is 5.97 Å². The summed E-state index contributed by atoms with van der Waals surface area (Å²) in [7, 11) is 1.61. The van der Waals surface area contributed by atoms with Gasteiger partial charge in [0.25, 0.3) is 0 Å². The first-order chi connectivity index (χ1) is 8.60. The van der Waals surface area contributed by atoms with E-state index in [0.29, 0.717) is 5.88 Å². The number of rotatable bonds is 4. The lowest BCUT2D eigenvalue weighted by Gasteiger charge is -2.07. The largest absolute Gasteiger partial charge is 0.496 e. The summed E-state index contributed by atoms with van der Waals surface area (Å²) in [5.74, 6) is -0.000109. The summed E-state index contributed by atoms with van der Waals surface area (Å²) >= 11 is 0. The molecule has 0 aliphatic heterocycles. The third-order valence-corrected chi connectivity index (χ3v) is 2.48. The van der Waals surface area contributed by atoms with Gasteiger partial charge in [-0.15, -0.1) is 0 Å². The Bertz CT molecular complexity index is 574. The second kappa shape index (κ2) is 4.83. The number of anilines is 2. The Morgan fingerprint density at radius 3 is 2.67 bits per heavy atom. The summed E-state index contributed by atoms with van der Waals surface area (Å²) in [6, 6.07) is 8.53. The van der Waals surface area contributed by atoms with E-state index in [1.165, 1.54) is 6.07 Å². The number of benzene rings is 1. The minimum atomic E-state index is -1.09. The zero-order valence-electron chi connectivity index (χ0n) is 10.1. The fraction of sp³-hybridized carbons (Fsp3) is 0.154. The summed E-state index contributed by atoms with van der Waals surface area (Å²) in [6.45, 7) is 1.93. The van der Waals surface area contributed by atoms with Crippen LogP contribution in [0.25, 0.3) is 0 Å². The van der Waals surface area contributed by atoms with Crippen molar-refractivity contribution in [3.8, 4) is 5.75 Å². The molecule has 0 atom stereocenters. The molecule has 0 saturated carbocycles. The van der Waals surface area contributed by atoms with Gasteiger partial charge in [0.15, 0.2) is 5.88 Å². The molecule has 1 aromatic heterocycles. The van der Waals surface area contributed by atoms with Gasteiger partial charge < -0.3 is 19.6 Å². The van der Waals surface area contributed by atoms with Crippen molar-refractivity contribution in [2.75, 3.05) is 12.4 Å². The second-order valence-electron chi connectivity index (χ2n) is 3.78. The highest BCUT2D eigenvalue weighted by Crippen LogP contribution is 2.25. The van der Waals surface area contributed by atoms with Gasteiger partial charge in [-0.05, 0) is 36.8 Å². The highest BCUT2D eigenvalue weighted by atomic mass is 16.5. The number of methoxy groups -OCH3 is 1. The van der Waals surface area contributed by atoms with Gasteiger partial charge in [-0.2, -0.15) is 0 Å². The SMILES string of the molecule is COc1ccc(Nc2ccc(C(=O)O)o2)cc1C. The minimum absolute atomic E-state index is 0.0947. The second-order valence-corrected chi connectivity index (χ2v) is 3.78. The Morgan fingerprint density at radius 1 is 1.33 bits per heavy atom. The van der Waals surface area contributed by atoms with Crippen LogP contribution < -0.4 is 10.1 Å². The molecule has 2 rings (SSSR count). The van der Waals surface area contributed by atoms with Gasteiger partial charge in [0.2, 0.25) is 5.76 Å². The predicted octanol–water partition coefficient (Wildman–Crippen LogP) is 3.04. The van der Waals surface area contributed by atoms with Gasteiger partial charge >= 0.3 is 5.97 Å². The van der Waals surface area contributed by atoms with Crippen molar-refractivity contribution >= 4 is 17.5 Å². The lowest BCUT2D eigenvalue weighted by Crippen LogP contribution is -1.93. The molecule has 0 unspecified atom stereocenters. The molecular formula is C13H13NO4. The summed E-state index contributed by atoms with van der Waals surface area (Å²) in [4.78, 5) is 10.7. The molecule has 18 heavy (non-hydrogen) atoms. The molecular weight excluding hydrogens is 234 g/mol. The number of carboxylic acid groups (broad SMARTS) is 1. The van der Waals surface area contributed by atoms with E-state index in [1.807, 2.05) is 25.1 Å². The van der Waals surface area contributed by atoms with Crippen molar-refractivity contribution in [1.29, 1.82) is 0 Å². The van der Waals surface area contributed by atoms with Crippen LogP contribution in [0.3, 0.4) is 0 Å². The molecule has 0 spiro atoms. The molecule has 5 nitrogen and oxygen atoms in total. The quantitative estimate of drug-likeness (QED) is 0.868. The van der Waals surface area contributed by atoms with E-state index in [1.54, 1.807) is 13.2 Å². The number of hydrogen-bond donors (Lipinski definition) is 2. The number of nitrogens with one attached hydrogen (secondary N) is 1. The Labute approximate surface area is 104 Å². The van der Waals surface area contributed by atoms with Gasteiger partial charge in [0, 0.05) is 11.8 Å².